The number of benzene rings is 2. The second-order valence-corrected chi connectivity index (χ2v) is 8.40. The molecule has 1 heterocycles. The SMILES string of the molecule is CCN1CCN(CC(=O)Nc2ccc(Sc3ccc(Br)cc3)cc2)CC1. The molecule has 1 fully saturated rings. The molecule has 0 spiro atoms. The van der Waals surface area contributed by atoms with Gasteiger partial charge in [0.1, 0.15) is 0 Å². The zero-order chi connectivity index (χ0) is 18.4. The van der Waals surface area contributed by atoms with Gasteiger partial charge in [-0.25, -0.2) is 0 Å². The monoisotopic (exact) mass is 433 g/mol. The van der Waals surface area contributed by atoms with Gasteiger partial charge in [0.15, 0.2) is 0 Å². The first-order valence-corrected chi connectivity index (χ1v) is 10.5. The minimum atomic E-state index is 0.0586. The summed E-state index contributed by atoms with van der Waals surface area (Å²) in [6.45, 7) is 7.75. The summed E-state index contributed by atoms with van der Waals surface area (Å²) >= 11 is 5.16. The lowest BCUT2D eigenvalue weighted by atomic mass is 10.3. The van der Waals surface area contributed by atoms with Crippen LogP contribution in [0, 0.1) is 0 Å². The van der Waals surface area contributed by atoms with Gasteiger partial charge >= 0.3 is 0 Å². The molecule has 2 aromatic rings. The lowest BCUT2D eigenvalue weighted by Crippen LogP contribution is -2.48. The Balaban J connectivity index is 1.47. The number of carbonyl (C=O) groups is 1. The van der Waals surface area contributed by atoms with Gasteiger partial charge in [-0.05, 0) is 55.1 Å². The van der Waals surface area contributed by atoms with Crippen LogP contribution in [0.2, 0.25) is 0 Å². The van der Waals surface area contributed by atoms with Crippen LogP contribution in [0.4, 0.5) is 5.69 Å². The Kier molecular flexibility index (Phi) is 7.14. The van der Waals surface area contributed by atoms with Gasteiger partial charge in [-0.2, -0.15) is 0 Å². The number of rotatable bonds is 6. The number of nitrogens with one attached hydrogen (secondary N) is 1. The molecule has 26 heavy (non-hydrogen) atoms. The first-order chi connectivity index (χ1) is 12.6. The Bertz CT molecular complexity index is 713. The maximum atomic E-state index is 12.3. The van der Waals surface area contributed by atoms with E-state index in [2.05, 4.69) is 50.1 Å². The topological polar surface area (TPSA) is 35.6 Å². The van der Waals surface area contributed by atoms with Crippen LogP contribution in [-0.4, -0.2) is 55.0 Å². The molecular formula is C20H24BrN3OS. The zero-order valence-corrected chi connectivity index (χ0v) is 17.4. The van der Waals surface area contributed by atoms with E-state index in [1.807, 2.05) is 36.4 Å². The van der Waals surface area contributed by atoms with E-state index < -0.39 is 0 Å². The number of hydrogen-bond acceptors (Lipinski definition) is 4. The van der Waals surface area contributed by atoms with Crippen molar-refractivity contribution in [2.24, 2.45) is 0 Å². The highest BCUT2D eigenvalue weighted by Gasteiger charge is 2.17. The number of halogens is 1. The molecule has 3 rings (SSSR count). The smallest absolute Gasteiger partial charge is 0.238 e. The van der Waals surface area contributed by atoms with Crippen LogP contribution < -0.4 is 5.32 Å². The second kappa shape index (κ2) is 9.55. The predicted octanol–water partition coefficient (Wildman–Crippen LogP) is 4.18. The van der Waals surface area contributed by atoms with Gasteiger partial charge in [0, 0.05) is 46.1 Å². The number of anilines is 1. The third kappa shape index (κ3) is 5.84. The van der Waals surface area contributed by atoms with Crippen LogP contribution in [0.1, 0.15) is 6.92 Å². The average Bonchev–Trinajstić information content (AvgIpc) is 2.66. The Labute approximate surface area is 168 Å². The van der Waals surface area contributed by atoms with Gasteiger partial charge in [0.05, 0.1) is 6.54 Å². The normalized spacial score (nSPS) is 15.8. The lowest BCUT2D eigenvalue weighted by Gasteiger charge is -2.33. The highest BCUT2D eigenvalue weighted by Crippen LogP contribution is 2.29. The molecule has 1 aliphatic heterocycles. The van der Waals surface area contributed by atoms with Gasteiger partial charge in [0.2, 0.25) is 5.91 Å². The molecule has 0 atom stereocenters. The number of carbonyl (C=O) groups excluding carboxylic acids is 1. The van der Waals surface area contributed by atoms with Crippen molar-refractivity contribution in [1.82, 2.24) is 9.80 Å². The number of likely N-dealkylation sites (N-methyl/N-ethyl adjacent to an activating group) is 1. The minimum absolute atomic E-state index is 0.0586. The van der Waals surface area contributed by atoms with Gasteiger partial charge in [-0.3, -0.25) is 9.69 Å². The van der Waals surface area contributed by atoms with E-state index in [4.69, 9.17) is 0 Å². The maximum absolute atomic E-state index is 12.3. The van der Waals surface area contributed by atoms with E-state index in [1.165, 1.54) is 4.90 Å². The summed E-state index contributed by atoms with van der Waals surface area (Å²) in [5, 5.41) is 3.00. The van der Waals surface area contributed by atoms with E-state index in [0.717, 1.165) is 47.8 Å². The second-order valence-electron chi connectivity index (χ2n) is 6.34. The van der Waals surface area contributed by atoms with Gasteiger partial charge < -0.3 is 10.2 Å². The average molecular weight is 434 g/mol. The third-order valence-corrected chi connectivity index (χ3v) is 6.01. The molecule has 0 aromatic heterocycles. The van der Waals surface area contributed by atoms with Gasteiger partial charge in [0.25, 0.3) is 0 Å². The van der Waals surface area contributed by atoms with Crippen molar-refractivity contribution in [2.45, 2.75) is 16.7 Å². The van der Waals surface area contributed by atoms with Crippen molar-refractivity contribution in [1.29, 1.82) is 0 Å². The minimum Gasteiger partial charge on any atom is -0.325 e. The predicted molar refractivity (Wildman–Crippen MR) is 112 cm³/mol. The molecule has 0 bridgehead atoms. The Morgan fingerprint density at radius 1 is 0.962 bits per heavy atom. The molecule has 4 nitrogen and oxygen atoms in total. The molecule has 1 saturated heterocycles. The summed E-state index contributed by atoms with van der Waals surface area (Å²) in [7, 11) is 0. The Morgan fingerprint density at radius 3 is 2.08 bits per heavy atom. The molecule has 0 unspecified atom stereocenters. The quantitative estimate of drug-likeness (QED) is 0.740. The highest BCUT2D eigenvalue weighted by molar-refractivity contribution is 9.10. The standard InChI is InChI=1S/C20H24BrN3OS/c1-2-23-11-13-24(14-12-23)15-20(25)22-17-5-9-19(10-6-17)26-18-7-3-16(21)4-8-18/h3-10H,2,11-15H2,1H3,(H,22,25). The first kappa shape index (κ1) is 19.4. The summed E-state index contributed by atoms with van der Waals surface area (Å²) in [6.07, 6.45) is 0. The summed E-state index contributed by atoms with van der Waals surface area (Å²) in [5.74, 6) is 0.0586. The van der Waals surface area contributed by atoms with E-state index >= 15 is 0 Å². The molecule has 2 aromatic carbocycles. The first-order valence-electron chi connectivity index (χ1n) is 8.90. The molecule has 138 valence electrons. The molecule has 0 aliphatic carbocycles. The van der Waals surface area contributed by atoms with Crippen LogP contribution in [0.5, 0.6) is 0 Å². The maximum Gasteiger partial charge on any atom is 0.238 e. The number of hydrogen-bond donors (Lipinski definition) is 1. The van der Waals surface area contributed by atoms with Crippen molar-refractivity contribution >= 4 is 39.3 Å². The van der Waals surface area contributed by atoms with Crippen LogP contribution in [0.25, 0.3) is 0 Å². The van der Waals surface area contributed by atoms with E-state index in [9.17, 15) is 4.79 Å². The fourth-order valence-corrected chi connectivity index (χ4v) is 3.99. The molecule has 0 radical (unpaired) electrons. The number of piperazine rings is 1. The number of nitrogens with zero attached hydrogens (tertiary/aromatic N) is 2. The van der Waals surface area contributed by atoms with Crippen molar-refractivity contribution in [3.8, 4) is 0 Å². The fourth-order valence-electron chi connectivity index (χ4n) is 2.91. The Morgan fingerprint density at radius 2 is 1.50 bits per heavy atom. The summed E-state index contributed by atoms with van der Waals surface area (Å²) < 4.78 is 1.08. The fraction of sp³-hybridized carbons (Fsp3) is 0.350. The van der Waals surface area contributed by atoms with Gasteiger partial charge in [-0.15, -0.1) is 0 Å². The third-order valence-electron chi connectivity index (χ3n) is 4.47. The van der Waals surface area contributed by atoms with Crippen molar-refractivity contribution in [2.75, 3.05) is 44.6 Å². The molecular weight excluding hydrogens is 410 g/mol. The van der Waals surface area contributed by atoms with Crippen LogP contribution in [-0.2, 0) is 4.79 Å². The van der Waals surface area contributed by atoms with Gasteiger partial charge in [-0.1, -0.05) is 34.6 Å². The van der Waals surface area contributed by atoms with Crippen molar-refractivity contribution < 1.29 is 4.79 Å². The summed E-state index contributed by atoms with van der Waals surface area (Å²) in [5.41, 5.74) is 0.849. The molecule has 0 saturated carbocycles. The van der Waals surface area contributed by atoms with E-state index in [1.54, 1.807) is 11.8 Å². The largest absolute Gasteiger partial charge is 0.325 e. The Hall–Kier alpha value is -1.34. The lowest BCUT2D eigenvalue weighted by molar-refractivity contribution is -0.117. The molecule has 1 amide bonds. The molecule has 1 N–H and O–H groups in total. The highest BCUT2D eigenvalue weighted by atomic mass is 79.9. The van der Waals surface area contributed by atoms with E-state index in [-0.39, 0.29) is 5.91 Å². The zero-order valence-electron chi connectivity index (χ0n) is 15.0. The molecule has 6 heteroatoms. The summed E-state index contributed by atoms with van der Waals surface area (Å²) in [6, 6.07) is 16.3. The van der Waals surface area contributed by atoms with E-state index in [0.29, 0.717) is 6.54 Å². The van der Waals surface area contributed by atoms with Crippen LogP contribution in [0.15, 0.2) is 62.8 Å². The van der Waals surface area contributed by atoms with Crippen LogP contribution in [0.3, 0.4) is 0 Å². The number of amides is 1. The summed E-state index contributed by atoms with van der Waals surface area (Å²) in [4.78, 5) is 19.2. The van der Waals surface area contributed by atoms with Crippen molar-refractivity contribution in [3.05, 3.63) is 53.0 Å². The van der Waals surface area contributed by atoms with Crippen molar-refractivity contribution in [3.63, 3.8) is 0 Å². The molecule has 1 aliphatic rings. The van der Waals surface area contributed by atoms with Crippen LogP contribution >= 0.6 is 27.7 Å².